The van der Waals surface area contributed by atoms with Gasteiger partial charge < -0.3 is 15.2 Å². The van der Waals surface area contributed by atoms with Crippen molar-refractivity contribution in [2.45, 2.75) is 26.2 Å². The molecule has 21 heavy (non-hydrogen) atoms. The van der Waals surface area contributed by atoms with Crippen molar-refractivity contribution in [3.63, 3.8) is 0 Å². The Morgan fingerprint density at radius 3 is 2.67 bits per heavy atom. The summed E-state index contributed by atoms with van der Waals surface area (Å²) in [6.45, 7) is 2.12. The van der Waals surface area contributed by atoms with Gasteiger partial charge in [0.05, 0.1) is 12.5 Å². The molecule has 114 valence electrons. The number of ether oxygens (including phenoxy) is 1. The number of carbonyl (C=O) groups is 2. The van der Waals surface area contributed by atoms with Crippen LogP contribution in [0.3, 0.4) is 0 Å². The lowest BCUT2D eigenvalue weighted by Crippen LogP contribution is -2.21. The molecule has 1 aromatic rings. The van der Waals surface area contributed by atoms with E-state index in [1.54, 1.807) is 13.0 Å². The number of carboxylic acids is 1. The fourth-order valence-corrected chi connectivity index (χ4v) is 2.54. The number of hydrogen-bond acceptors (Lipinski definition) is 3. The average Bonchev–Trinajstić information content (AvgIpc) is 2.92. The van der Waals surface area contributed by atoms with Gasteiger partial charge in [-0.25, -0.2) is 4.39 Å². The molecule has 1 aromatic carbocycles. The van der Waals surface area contributed by atoms with Crippen molar-refractivity contribution in [1.29, 1.82) is 0 Å². The Balaban J connectivity index is 1.97. The van der Waals surface area contributed by atoms with Crippen LogP contribution in [0.5, 0.6) is 5.75 Å². The van der Waals surface area contributed by atoms with Crippen molar-refractivity contribution in [1.82, 2.24) is 0 Å². The third-order valence-corrected chi connectivity index (χ3v) is 3.65. The first-order chi connectivity index (χ1) is 10.0. The van der Waals surface area contributed by atoms with Gasteiger partial charge in [0, 0.05) is 17.7 Å². The first kappa shape index (κ1) is 15.3. The normalized spacial score (nSPS) is 21.0. The van der Waals surface area contributed by atoms with Gasteiger partial charge in [-0.1, -0.05) is 0 Å². The van der Waals surface area contributed by atoms with Crippen LogP contribution in [0.25, 0.3) is 0 Å². The van der Waals surface area contributed by atoms with Crippen molar-refractivity contribution < 1.29 is 23.8 Å². The highest BCUT2D eigenvalue weighted by Gasteiger charge is 2.33. The number of halogens is 1. The molecule has 1 aliphatic carbocycles. The summed E-state index contributed by atoms with van der Waals surface area (Å²) in [5.74, 6) is -2.31. The van der Waals surface area contributed by atoms with E-state index in [0.29, 0.717) is 31.6 Å². The molecular formula is C15H18FNO4. The van der Waals surface area contributed by atoms with Crippen LogP contribution in [-0.2, 0) is 9.59 Å². The smallest absolute Gasteiger partial charge is 0.306 e. The minimum Gasteiger partial charge on any atom is -0.491 e. The highest BCUT2D eigenvalue weighted by molar-refractivity contribution is 5.93. The number of aliphatic carboxylic acids is 1. The number of carbonyl (C=O) groups excluding carboxylic acids is 1. The summed E-state index contributed by atoms with van der Waals surface area (Å²) in [5, 5.41) is 11.6. The molecule has 6 heteroatoms. The number of rotatable bonds is 5. The molecule has 0 bridgehead atoms. The Hall–Kier alpha value is -2.11. The van der Waals surface area contributed by atoms with Crippen LogP contribution in [0.2, 0.25) is 0 Å². The van der Waals surface area contributed by atoms with Gasteiger partial charge in [0.2, 0.25) is 5.91 Å². The Labute approximate surface area is 122 Å². The monoisotopic (exact) mass is 295 g/mol. The fraction of sp³-hybridized carbons (Fsp3) is 0.467. The summed E-state index contributed by atoms with van der Waals surface area (Å²) in [4.78, 5) is 22.9. The van der Waals surface area contributed by atoms with Crippen LogP contribution < -0.4 is 10.1 Å². The Morgan fingerprint density at radius 2 is 2.10 bits per heavy atom. The van der Waals surface area contributed by atoms with Crippen molar-refractivity contribution in [3.05, 3.63) is 24.0 Å². The molecule has 2 rings (SSSR count). The molecule has 1 fully saturated rings. The van der Waals surface area contributed by atoms with Crippen LogP contribution in [0.1, 0.15) is 26.2 Å². The predicted molar refractivity (Wildman–Crippen MR) is 74.7 cm³/mol. The summed E-state index contributed by atoms with van der Waals surface area (Å²) in [7, 11) is 0. The van der Waals surface area contributed by atoms with Gasteiger partial charge in [0.25, 0.3) is 0 Å². The molecular weight excluding hydrogens is 277 g/mol. The standard InChI is InChI=1S/C15H18FNO4/c1-2-21-13-6-5-11(8-12(13)16)17-14(18)9-3-4-10(7-9)15(19)20/h5-6,8-10H,2-4,7H2,1H3,(H,17,18)(H,19,20)/t9-,10+/m1/s1. The second-order valence-corrected chi connectivity index (χ2v) is 5.11. The molecule has 5 nitrogen and oxygen atoms in total. The summed E-state index contributed by atoms with van der Waals surface area (Å²) in [6, 6.07) is 4.23. The molecule has 2 atom stereocenters. The van der Waals surface area contributed by atoms with Crippen LogP contribution in [-0.4, -0.2) is 23.6 Å². The fourth-order valence-electron chi connectivity index (χ4n) is 2.54. The topological polar surface area (TPSA) is 75.6 Å². The molecule has 0 radical (unpaired) electrons. The van der Waals surface area contributed by atoms with Crippen LogP contribution in [0, 0.1) is 17.7 Å². The highest BCUT2D eigenvalue weighted by atomic mass is 19.1. The highest BCUT2D eigenvalue weighted by Crippen LogP contribution is 2.32. The second kappa shape index (κ2) is 6.56. The maximum atomic E-state index is 13.7. The lowest BCUT2D eigenvalue weighted by atomic mass is 10.0. The first-order valence-corrected chi connectivity index (χ1v) is 6.97. The zero-order valence-electron chi connectivity index (χ0n) is 11.8. The van der Waals surface area contributed by atoms with E-state index in [0.717, 1.165) is 0 Å². The minimum atomic E-state index is -0.864. The van der Waals surface area contributed by atoms with Gasteiger partial charge in [-0.2, -0.15) is 0 Å². The van der Waals surface area contributed by atoms with Gasteiger partial charge in [0.1, 0.15) is 0 Å². The van der Waals surface area contributed by atoms with E-state index in [9.17, 15) is 14.0 Å². The van der Waals surface area contributed by atoms with E-state index < -0.39 is 17.7 Å². The Morgan fingerprint density at radius 1 is 1.38 bits per heavy atom. The van der Waals surface area contributed by atoms with E-state index in [4.69, 9.17) is 9.84 Å². The average molecular weight is 295 g/mol. The molecule has 2 N–H and O–H groups in total. The number of nitrogens with one attached hydrogen (secondary N) is 1. The van der Waals surface area contributed by atoms with Gasteiger partial charge in [-0.3, -0.25) is 9.59 Å². The summed E-state index contributed by atoms with van der Waals surface area (Å²) >= 11 is 0. The molecule has 1 saturated carbocycles. The van der Waals surface area contributed by atoms with E-state index >= 15 is 0 Å². The zero-order chi connectivity index (χ0) is 15.4. The van der Waals surface area contributed by atoms with Gasteiger partial charge >= 0.3 is 5.97 Å². The van der Waals surface area contributed by atoms with E-state index in [1.165, 1.54) is 12.1 Å². The maximum Gasteiger partial charge on any atom is 0.306 e. The number of amides is 1. The number of benzene rings is 1. The van der Waals surface area contributed by atoms with Gasteiger partial charge in [-0.15, -0.1) is 0 Å². The SMILES string of the molecule is CCOc1ccc(NC(=O)[C@@H]2CC[C@H](C(=O)O)C2)cc1F. The molecule has 0 heterocycles. The zero-order valence-corrected chi connectivity index (χ0v) is 11.8. The largest absolute Gasteiger partial charge is 0.491 e. The third kappa shape index (κ3) is 3.71. The first-order valence-electron chi connectivity index (χ1n) is 6.97. The van der Waals surface area contributed by atoms with Crippen LogP contribution >= 0.6 is 0 Å². The van der Waals surface area contributed by atoms with Crippen molar-refractivity contribution in [2.75, 3.05) is 11.9 Å². The van der Waals surface area contributed by atoms with Crippen LogP contribution in [0.15, 0.2) is 18.2 Å². The molecule has 0 aliphatic heterocycles. The van der Waals surface area contributed by atoms with E-state index in [-0.39, 0.29) is 17.6 Å². The van der Waals surface area contributed by atoms with Crippen molar-refractivity contribution in [2.24, 2.45) is 11.8 Å². The predicted octanol–water partition coefficient (Wildman–Crippen LogP) is 2.66. The van der Waals surface area contributed by atoms with E-state index in [2.05, 4.69) is 5.32 Å². The molecule has 1 amide bonds. The van der Waals surface area contributed by atoms with Gasteiger partial charge in [0.15, 0.2) is 11.6 Å². The van der Waals surface area contributed by atoms with Gasteiger partial charge in [-0.05, 0) is 38.3 Å². The van der Waals surface area contributed by atoms with E-state index in [1.807, 2.05) is 0 Å². The second-order valence-electron chi connectivity index (χ2n) is 5.11. The molecule has 0 aromatic heterocycles. The van der Waals surface area contributed by atoms with Crippen LogP contribution in [0.4, 0.5) is 10.1 Å². The third-order valence-electron chi connectivity index (χ3n) is 3.65. The molecule has 0 saturated heterocycles. The molecule has 0 spiro atoms. The quantitative estimate of drug-likeness (QED) is 0.875. The summed E-state index contributed by atoms with van der Waals surface area (Å²) < 4.78 is 18.8. The Bertz CT molecular complexity index is 546. The minimum absolute atomic E-state index is 0.141. The Kier molecular flexibility index (Phi) is 4.77. The lowest BCUT2D eigenvalue weighted by Gasteiger charge is -2.12. The van der Waals surface area contributed by atoms with Crippen molar-refractivity contribution >= 4 is 17.6 Å². The number of hydrogen-bond donors (Lipinski definition) is 2. The molecule has 1 aliphatic rings. The number of anilines is 1. The summed E-state index contributed by atoms with van der Waals surface area (Å²) in [5.41, 5.74) is 0.347. The lowest BCUT2D eigenvalue weighted by molar-refractivity contribution is -0.141. The maximum absolute atomic E-state index is 13.7. The summed E-state index contributed by atoms with van der Waals surface area (Å²) in [6.07, 6.45) is 1.38. The number of carboxylic acid groups (broad SMARTS) is 1. The molecule has 0 unspecified atom stereocenters. The van der Waals surface area contributed by atoms with Crippen molar-refractivity contribution in [3.8, 4) is 5.75 Å².